The number of hydrogen-bond donors (Lipinski definition) is 3. The van der Waals surface area contributed by atoms with E-state index in [1.54, 1.807) is 24.3 Å². The molecule has 0 aliphatic rings. The van der Waals surface area contributed by atoms with Gasteiger partial charge in [0.1, 0.15) is 17.3 Å². The first-order valence-corrected chi connectivity index (χ1v) is 13.5. The number of aryl methyl sites for hydroxylation is 1. The third-order valence-corrected chi connectivity index (χ3v) is 6.83. The van der Waals surface area contributed by atoms with Crippen LogP contribution in [0.1, 0.15) is 70.4 Å². The number of aromatic hydroxyl groups is 1. The summed E-state index contributed by atoms with van der Waals surface area (Å²) in [6.07, 6.45) is 2.14. The van der Waals surface area contributed by atoms with Crippen molar-refractivity contribution < 1.29 is 22.7 Å². The van der Waals surface area contributed by atoms with Gasteiger partial charge in [0.2, 0.25) is 15.9 Å². The number of carbonyl (C=O) groups is 1. The zero-order valence-corrected chi connectivity index (χ0v) is 22.9. The second-order valence-electron chi connectivity index (χ2n) is 11.1. The van der Waals surface area contributed by atoms with Gasteiger partial charge in [-0.25, -0.2) is 19.0 Å². The maximum Gasteiger partial charge on any atom is 0.240 e. The Labute approximate surface area is 218 Å². The third kappa shape index (κ3) is 7.30. The molecule has 0 fully saturated rings. The fourth-order valence-electron chi connectivity index (χ4n) is 3.85. The van der Waals surface area contributed by atoms with Crippen molar-refractivity contribution in [2.24, 2.45) is 10.2 Å². The van der Waals surface area contributed by atoms with Crippen molar-refractivity contribution in [2.45, 2.75) is 70.1 Å². The number of phenols is 1. The molecule has 0 atom stereocenters. The maximum absolute atomic E-state index is 12.4. The van der Waals surface area contributed by atoms with Gasteiger partial charge in [0.25, 0.3) is 0 Å². The predicted molar refractivity (Wildman–Crippen MR) is 145 cm³/mol. The lowest BCUT2D eigenvalue weighted by atomic mass is 9.78. The molecule has 9 heteroatoms. The minimum Gasteiger partial charge on any atom is -0.507 e. The Bertz CT molecular complexity index is 1370. The first-order valence-electron chi connectivity index (χ1n) is 12.0. The van der Waals surface area contributed by atoms with Gasteiger partial charge in [0, 0.05) is 12.0 Å². The average Bonchev–Trinajstić information content (AvgIpc) is 3.25. The summed E-state index contributed by atoms with van der Waals surface area (Å²) in [7, 11) is -3.76. The number of amides is 1. The number of nitrogens with one attached hydrogen (secondary N) is 1. The zero-order valence-electron chi connectivity index (χ0n) is 22.1. The molecule has 1 aromatic heterocycles. The SMILES string of the molecule is CC(C)(C)c1cc(CCC(=O)N/N=C\c2ccc(-c3ccc(S(N)(=O)=O)cc3)o2)cc(C(C)(C)C)c1O. The van der Waals surface area contributed by atoms with Gasteiger partial charge in [-0.05, 0) is 70.3 Å². The van der Waals surface area contributed by atoms with Crippen molar-refractivity contribution >= 4 is 22.1 Å². The van der Waals surface area contributed by atoms with Gasteiger partial charge in [-0.1, -0.05) is 53.7 Å². The van der Waals surface area contributed by atoms with Crippen LogP contribution < -0.4 is 10.6 Å². The monoisotopic (exact) mass is 525 g/mol. The van der Waals surface area contributed by atoms with Gasteiger partial charge in [-0.2, -0.15) is 5.10 Å². The molecule has 0 unspecified atom stereocenters. The highest BCUT2D eigenvalue weighted by molar-refractivity contribution is 7.89. The van der Waals surface area contributed by atoms with Crippen LogP contribution in [0.4, 0.5) is 0 Å². The van der Waals surface area contributed by atoms with Crippen molar-refractivity contribution in [3.63, 3.8) is 0 Å². The molecule has 1 amide bonds. The lowest BCUT2D eigenvalue weighted by Crippen LogP contribution is -2.20. The fraction of sp³-hybridized carbons (Fsp3) is 0.357. The van der Waals surface area contributed by atoms with E-state index in [-0.39, 0.29) is 28.1 Å². The Morgan fingerprint density at radius 1 is 1.00 bits per heavy atom. The lowest BCUT2D eigenvalue weighted by molar-refractivity contribution is -0.121. The predicted octanol–water partition coefficient (Wildman–Crippen LogP) is 4.98. The van der Waals surface area contributed by atoms with E-state index in [9.17, 15) is 18.3 Å². The number of furan rings is 1. The number of sulfonamides is 1. The number of hydrogen-bond acceptors (Lipinski definition) is 6. The molecule has 4 N–H and O–H groups in total. The summed E-state index contributed by atoms with van der Waals surface area (Å²) in [5, 5.41) is 20.0. The van der Waals surface area contributed by atoms with Crippen LogP contribution in [0, 0.1) is 0 Å². The van der Waals surface area contributed by atoms with E-state index in [0.717, 1.165) is 16.7 Å². The van der Waals surface area contributed by atoms with Gasteiger partial charge in [-0.15, -0.1) is 0 Å². The lowest BCUT2D eigenvalue weighted by Gasteiger charge is -2.28. The molecule has 0 radical (unpaired) electrons. The van der Waals surface area contributed by atoms with E-state index in [1.807, 2.05) is 12.1 Å². The number of rotatable bonds is 7. The molecule has 198 valence electrons. The summed E-state index contributed by atoms with van der Waals surface area (Å²) in [5.41, 5.74) is 5.42. The van der Waals surface area contributed by atoms with Crippen LogP contribution in [0.2, 0.25) is 0 Å². The van der Waals surface area contributed by atoms with Crippen molar-refractivity contribution in [1.82, 2.24) is 5.43 Å². The van der Waals surface area contributed by atoms with E-state index in [4.69, 9.17) is 9.56 Å². The van der Waals surface area contributed by atoms with E-state index < -0.39 is 10.0 Å². The van der Waals surface area contributed by atoms with Gasteiger partial charge in [-0.3, -0.25) is 4.79 Å². The molecule has 37 heavy (non-hydrogen) atoms. The minimum absolute atomic E-state index is 0.0175. The van der Waals surface area contributed by atoms with E-state index in [1.165, 1.54) is 18.3 Å². The summed E-state index contributed by atoms with van der Waals surface area (Å²) in [4.78, 5) is 12.4. The quantitative estimate of drug-likeness (QED) is 0.295. The Balaban J connectivity index is 1.63. The molecule has 3 aromatic rings. The highest BCUT2D eigenvalue weighted by Gasteiger charge is 2.26. The highest BCUT2D eigenvalue weighted by atomic mass is 32.2. The summed E-state index contributed by atoms with van der Waals surface area (Å²) < 4.78 is 28.5. The Morgan fingerprint density at radius 2 is 1.57 bits per heavy atom. The summed E-state index contributed by atoms with van der Waals surface area (Å²) in [6, 6.07) is 13.4. The van der Waals surface area contributed by atoms with Crippen LogP contribution in [0.5, 0.6) is 5.75 Å². The Hall–Kier alpha value is -3.43. The molecular formula is C28H35N3O5S. The van der Waals surface area contributed by atoms with Crippen LogP contribution in [0.15, 0.2) is 62.9 Å². The number of nitrogens with zero attached hydrogens (tertiary/aromatic N) is 1. The van der Waals surface area contributed by atoms with Gasteiger partial charge >= 0.3 is 0 Å². The van der Waals surface area contributed by atoms with Crippen LogP contribution in [0.3, 0.4) is 0 Å². The third-order valence-electron chi connectivity index (χ3n) is 5.90. The van der Waals surface area contributed by atoms with Gasteiger partial charge in [0.15, 0.2) is 0 Å². The number of phenolic OH excluding ortho intramolecular Hbond substituents is 1. The zero-order chi connectivity index (χ0) is 27.6. The topological polar surface area (TPSA) is 135 Å². The van der Waals surface area contributed by atoms with E-state index in [2.05, 4.69) is 52.1 Å². The second kappa shape index (κ2) is 10.5. The van der Waals surface area contributed by atoms with Gasteiger partial charge < -0.3 is 9.52 Å². The molecule has 1 heterocycles. The van der Waals surface area contributed by atoms with E-state index >= 15 is 0 Å². The molecule has 2 aromatic carbocycles. The molecule has 0 aliphatic carbocycles. The Kier molecular flexibility index (Phi) is 8.00. The second-order valence-corrected chi connectivity index (χ2v) is 12.7. The first-order chi connectivity index (χ1) is 17.1. The number of nitrogens with two attached hydrogens (primary N) is 1. The van der Waals surface area contributed by atoms with Crippen LogP contribution in [-0.4, -0.2) is 25.6 Å². The molecule has 0 spiro atoms. The van der Waals surface area contributed by atoms with Crippen LogP contribution in [0.25, 0.3) is 11.3 Å². The highest BCUT2D eigenvalue weighted by Crippen LogP contribution is 2.40. The van der Waals surface area contributed by atoms with Crippen molar-refractivity contribution in [3.05, 3.63) is 71.0 Å². The van der Waals surface area contributed by atoms with E-state index in [0.29, 0.717) is 29.3 Å². The fourth-order valence-corrected chi connectivity index (χ4v) is 4.37. The maximum atomic E-state index is 12.4. The largest absolute Gasteiger partial charge is 0.507 e. The van der Waals surface area contributed by atoms with Crippen molar-refractivity contribution in [2.75, 3.05) is 0 Å². The molecular weight excluding hydrogens is 490 g/mol. The molecule has 0 saturated carbocycles. The van der Waals surface area contributed by atoms with Crippen LogP contribution in [-0.2, 0) is 32.1 Å². The molecule has 0 bridgehead atoms. The summed E-state index contributed by atoms with van der Waals surface area (Å²) >= 11 is 0. The standard InChI is InChI=1S/C28H35N3O5S/c1-27(2,3)22-15-18(16-23(26(22)33)28(4,5)6)7-14-25(32)31-30-17-20-10-13-24(36-20)19-8-11-21(12-9-19)37(29,34)35/h8-13,15-17,33H,7,14H2,1-6H3,(H,31,32)(H2,29,34,35)/b30-17-. The number of carbonyl (C=O) groups excluding carboxylic acids is 1. The van der Waals surface area contributed by atoms with Gasteiger partial charge in [0.05, 0.1) is 11.1 Å². The normalized spacial score (nSPS) is 12.7. The Morgan fingerprint density at radius 3 is 2.08 bits per heavy atom. The molecule has 8 nitrogen and oxygen atoms in total. The summed E-state index contributed by atoms with van der Waals surface area (Å²) in [6.45, 7) is 12.3. The first kappa shape index (κ1) is 28.1. The van der Waals surface area contributed by atoms with Crippen molar-refractivity contribution in [3.8, 4) is 17.1 Å². The number of benzene rings is 2. The minimum atomic E-state index is -3.76. The molecule has 3 rings (SSSR count). The smallest absolute Gasteiger partial charge is 0.240 e. The number of primary sulfonamides is 1. The van der Waals surface area contributed by atoms with Crippen LogP contribution >= 0.6 is 0 Å². The summed E-state index contributed by atoms with van der Waals surface area (Å²) in [5.74, 6) is 1.01. The molecule has 0 aliphatic heterocycles. The van der Waals surface area contributed by atoms with Crippen molar-refractivity contribution in [1.29, 1.82) is 0 Å². The number of hydrazone groups is 1. The molecule has 0 saturated heterocycles. The average molecular weight is 526 g/mol.